The van der Waals surface area contributed by atoms with E-state index >= 15 is 0 Å². The van der Waals surface area contributed by atoms with E-state index in [1.54, 1.807) is 30.5 Å². The van der Waals surface area contributed by atoms with Crippen molar-refractivity contribution in [2.24, 2.45) is 0 Å². The Kier molecular flexibility index (Phi) is 8.68. The first-order chi connectivity index (χ1) is 14.3. The van der Waals surface area contributed by atoms with Gasteiger partial charge in [0, 0.05) is 13.0 Å². The molecule has 2 aromatic heterocycles. The molecule has 1 N–H and O–H groups in total. The first-order valence-electron chi connectivity index (χ1n) is 8.87. The zero-order valence-electron chi connectivity index (χ0n) is 15.9. The van der Waals surface area contributed by atoms with Crippen molar-refractivity contribution in [1.29, 1.82) is 5.26 Å². The molecule has 0 fully saturated rings. The number of alkyl halides is 3. The molecule has 2 heterocycles. The Labute approximate surface area is 179 Å². The highest BCUT2D eigenvalue weighted by molar-refractivity contribution is 8.00. The summed E-state index contributed by atoms with van der Waals surface area (Å²) >= 11 is 1.98. The van der Waals surface area contributed by atoms with Crippen molar-refractivity contribution >= 4 is 35.0 Å². The fourth-order valence-corrected chi connectivity index (χ4v) is 3.91. The lowest BCUT2D eigenvalue weighted by Crippen LogP contribution is -2.26. The predicted molar refractivity (Wildman–Crippen MR) is 107 cm³/mol. The maximum absolute atomic E-state index is 13.5. The van der Waals surface area contributed by atoms with Crippen molar-refractivity contribution in [3.63, 3.8) is 0 Å². The highest BCUT2D eigenvalue weighted by Gasteiger charge is 2.36. The average Bonchev–Trinajstić information content (AvgIpc) is 3.23. The van der Waals surface area contributed by atoms with E-state index in [0.717, 1.165) is 17.8 Å². The summed E-state index contributed by atoms with van der Waals surface area (Å²) in [6.45, 7) is 2.19. The number of nitrogens with one attached hydrogen (secondary N) is 1. The van der Waals surface area contributed by atoms with Crippen LogP contribution in [-0.4, -0.2) is 35.8 Å². The number of amides is 1. The third-order valence-corrected chi connectivity index (χ3v) is 5.57. The number of aromatic nitrogens is 1. The molecular weight excluding hydrogens is 439 g/mol. The van der Waals surface area contributed by atoms with Crippen LogP contribution in [0.25, 0.3) is 10.6 Å². The first-order valence-corrected chi connectivity index (χ1v) is 10.7. The van der Waals surface area contributed by atoms with Gasteiger partial charge in [0.25, 0.3) is 0 Å². The molecule has 0 bridgehead atoms. The third kappa shape index (κ3) is 6.74. The van der Waals surface area contributed by atoms with Crippen LogP contribution in [0.15, 0.2) is 28.6 Å². The highest BCUT2D eigenvalue weighted by Crippen LogP contribution is 2.38. The van der Waals surface area contributed by atoms with Crippen molar-refractivity contribution in [1.82, 2.24) is 10.3 Å². The van der Waals surface area contributed by atoms with E-state index in [1.807, 2.05) is 0 Å². The maximum atomic E-state index is 13.5. The second-order valence-electron chi connectivity index (χ2n) is 5.87. The Balaban J connectivity index is 2.09. The molecule has 2 rings (SSSR count). The lowest BCUT2D eigenvalue weighted by molar-refractivity contribution is -0.143. The minimum Gasteiger partial charge on any atom is -0.466 e. The summed E-state index contributed by atoms with van der Waals surface area (Å²) in [5, 5.41) is 13.4. The Morgan fingerprint density at radius 1 is 1.40 bits per heavy atom. The fraction of sp³-hybridized carbons (Fsp3) is 0.368. The SMILES string of the molecule is CCOC(=O)CCCNC(=O)CSc1nc(-c2cccs2)cc(C(F)(F)F)c1C#N. The second-order valence-corrected chi connectivity index (χ2v) is 7.78. The van der Waals surface area contributed by atoms with Gasteiger partial charge in [-0.15, -0.1) is 11.3 Å². The van der Waals surface area contributed by atoms with Gasteiger partial charge in [-0.2, -0.15) is 18.4 Å². The summed E-state index contributed by atoms with van der Waals surface area (Å²) in [6, 6.07) is 5.72. The zero-order valence-corrected chi connectivity index (χ0v) is 17.5. The van der Waals surface area contributed by atoms with Crippen molar-refractivity contribution in [3.8, 4) is 16.6 Å². The van der Waals surface area contributed by atoms with Crippen LogP contribution in [0.2, 0.25) is 0 Å². The molecule has 30 heavy (non-hydrogen) atoms. The molecular formula is C19H18F3N3O3S2. The van der Waals surface area contributed by atoms with Crippen LogP contribution in [0.3, 0.4) is 0 Å². The van der Waals surface area contributed by atoms with Crippen LogP contribution in [-0.2, 0) is 20.5 Å². The molecule has 0 aromatic carbocycles. The van der Waals surface area contributed by atoms with Crippen LogP contribution >= 0.6 is 23.1 Å². The molecule has 0 spiro atoms. The van der Waals surface area contributed by atoms with Gasteiger partial charge in [-0.1, -0.05) is 17.8 Å². The van der Waals surface area contributed by atoms with Gasteiger partial charge >= 0.3 is 12.1 Å². The summed E-state index contributed by atoms with van der Waals surface area (Å²) in [5.74, 6) is -1.02. The normalized spacial score (nSPS) is 11.0. The van der Waals surface area contributed by atoms with Crippen molar-refractivity contribution in [2.75, 3.05) is 18.9 Å². The molecule has 0 aliphatic rings. The highest BCUT2D eigenvalue weighted by atomic mass is 32.2. The molecule has 0 saturated heterocycles. The summed E-state index contributed by atoms with van der Waals surface area (Å²) in [6.07, 6.45) is -4.20. The van der Waals surface area contributed by atoms with Gasteiger partial charge in [0.2, 0.25) is 5.91 Å². The number of nitriles is 1. The number of hydrogen-bond acceptors (Lipinski definition) is 7. The Hall–Kier alpha value is -2.58. The number of carbonyl (C=O) groups is 2. The molecule has 0 aliphatic heterocycles. The first kappa shape index (κ1) is 23.7. The molecule has 0 unspecified atom stereocenters. The smallest absolute Gasteiger partial charge is 0.417 e. The Morgan fingerprint density at radius 3 is 2.77 bits per heavy atom. The predicted octanol–water partition coefficient (Wildman–Crippen LogP) is 4.25. The Bertz CT molecular complexity index is 926. The van der Waals surface area contributed by atoms with E-state index in [9.17, 15) is 28.0 Å². The second kappa shape index (κ2) is 11.0. The molecule has 1 amide bonds. The van der Waals surface area contributed by atoms with E-state index in [0.29, 0.717) is 11.3 Å². The number of ether oxygens (including phenoxy) is 1. The largest absolute Gasteiger partial charge is 0.466 e. The van der Waals surface area contributed by atoms with Crippen molar-refractivity contribution in [2.45, 2.75) is 31.0 Å². The maximum Gasteiger partial charge on any atom is 0.417 e. The lowest BCUT2D eigenvalue weighted by Gasteiger charge is -2.13. The lowest BCUT2D eigenvalue weighted by atomic mass is 10.1. The van der Waals surface area contributed by atoms with E-state index in [4.69, 9.17) is 4.74 Å². The number of halogens is 3. The topological polar surface area (TPSA) is 92.1 Å². The van der Waals surface area contributed by atoms with Crippen LogP contribution in [0, 0.1) is 11.3 Å². The van der Waals surface area contributed by atoms with Crippen molar-refractivity contribution < 1.29 is 27.5 Å². The molecule has 0 atom stereocenters. The van der Waals surface area contributed by atoms with Gasteiger partial charge in [-0.05, 0) is 30.9 Å². The number of hydrogen-bond donors (Lipinski definition) is 1. The van der Waals surface area contributed by atoms with Crippen LogP contribution in [0.4, 0.5) is 13.2 Å². The summed E-state index contributed by atoms with van der Waals surface area (Å²) in [7, 11) is 0. The van der Waals surface area contributed by atoms with Gasteiger partial charge in [-0.25, -0.2) is 4.98 Å². The number of carbonyl (C=O) groups excluding carboxylic acids is 2. The average molecular weight is 457 g/mol. The van der Waals surface area contributed by atoms with Crippen LogP contribution in [0.1, 0.15) is 30.9 Å². The molecule has 0 aliphatic carbocycles. The number of thioether (sulfide) groups is 1. The Morgan fingerprint density at radius 2 is 2.17 bits per heavy atom. The number of rotatable bonds is 9. The summed E-state index contributed by atoms with van der Waals surface area (Å²) < 4.78 is 45.2. The van der Waals surface area contributed by atoms with Gasteiger partial charge in [0.15, 0.2) is 0 Å². The van der Waals surface area contributed by atoms with Gasteiger partial charge < -0.3 is 10.1 Å². The molecule has 6 nitrogen and oxygen atoms in total. The van der Waals surface area contributed by atoms with Gasteiger partial charge in [0.05, 0.1) is 34.1 Å². The van der Waals surface area contributed by atoms with E-state index in [1.165, 1.54) is 11.3 Å². The summed E-state index contributed by atoms with van der Waals surface area (Å²) in [5.41, 5.74) is -1.60. The molecule has 0 radical (unpaired) electrons. The summed E-state index contributed by atoms with van der Waals surface area (Å²) in [4.78, 5) is 28.0. The molecule has 2 aromatic rings. The quantitative estimate of drug-likeness (QED) is 0.344. The molecule has 11 heteroatoms. The fourth-order valence-electron chi connectivity index (χ4n) is 2.39. The molecule has 160 valence electrons. The van der Waals surface area contributed by atoms with Crippen LogP contribution in [0.5, 0.6) is 0 Å². The van der Waals surface area contributed by atoms with E-state index < -0.39 is 23.2 Å². The number of nitrogens with zero attached hydrogens (tertiary/aromatic N) is 2. The zero-order chi connectivity index (χ0) is 22.1. The monoisotopic (exact) mass is 457 g/mol. The standard InChI is InChI=1S/C19H18F3N3O3S2/c1-2-28-17(27)6-3-7-24-16(26)11-30-18-12(10-23)13(19(20,21)22)9-14(25-18)15-5-4-8-29-15/h4-5,8-9H,2-3,6-7,11H2,1H3,(H,24,26). The number of thiophene rings is 1. The van der Waals surface area contributed by atoms with Crippen LogP contribution < -0.4 is 5.32 Å². The number of pyridine rings is 1. The minimum absolute atomic E-state index is 0.0914. The number of esters is 1. The molecule has 0 saturated carbocycles. The van der Waals surface area contributed by atoms with Crippen molar-refractivity contribution in [3.05, 3.63) is 34.7 Å². The third-order valence-electron chi connectivity index (χ3n) is 3.70. The van der Waals surface area contributed by atoms with Gasteiger partial charge in [-0.3, -0.25) is 9.59 Å². The van der Waals surface area contributed by atoms with E-state index in [2.05, 4.69) is 10.3 Å². The minimum atomic E-state index is -4.73. The van der Waals surface area contributed by atoms with Gasteiger partial charge in [0.1, 0.15) is 11.1 Å². The van der Waals surface area contributed by atoms with E-state index in [-0.39, 0.29) is 42.0 Å².